The summed E-state index contributed by atoms with van der Waals surface area (Å²) in [5.74, 6) is -0.490. The van der Waals surface area contributed by atoms with Crippen LogP contribution in [-0.2, 0) is 9.53 Å². The normalized spacial score (nSPS) is 12.9. The van der Waals surface area contributed by atoms with Crippen molar-refractivity contribution in [1.29, 1.82) is 0 Å². The van der Waals surface area contributed by atoms with E-state index in [0.717, 1.165) is 0 Å². The van der Waals surface area contributed by atoms with Crippen LogP contribution in [0.3, 0.4) is 0 Å². The Balaban J connectivity index is 2.85. The van der Waals surface area contributed by atoms with E-state index >= 15 is 0 Å². The lowest BCUT2D eigenvalue weighted by Gasteiger charge is -2.12. The van der Waals surface area contributed by atoms with Crippen LogP contribution >= 0.6 is 0 Å². The van der Waals surface area contributed by atoms with Crippen molar-refractivity contribution in [2.75, 3.05) is 6.61 Å². The number of ether oxygens (including phenoxy) is 1. The molecule has 0 aliphatic rings. The van der Waals surface area contributed by atoms with Gasteiger partial charge in [0.15, 0.2) is 5.82 Å². The molecule has 0 bridgehead atoms. The number of hydrogen-bond acceptors (Lipinski definition) is 5. The number of rotatable bonds is 4. The Kier molecular flexibility index (Phi) is 3.79. The van der Waals surface area contributed by atoms with Gasteiger partial charge in [-0.2, -0.15) is 5.10 Å². The first-order valence-electron chi connectivity index (χ1n) is 4.82. The Labute approximate surface area is 87.9 Å². The van der Waals surface area contributed by atoms with E-state index in [1.165, 1.54) is 11.0 Å². The quantitative estimate of drug-likeness (QED) is 0.735. The van der Waals surface area contributed by atoms with Crippen molar-refractivity contribution >= 4 is 5.97 Å². The van der Waals surface area contributed by atoms with Crippen LogP contribution in [-0.4, -0.2) is 32.4 Å². The van der Waals surface area contributed by atoms with Gasteiger partial charge < -0.3 is 9.84 Å². The van der Waals surface area contributed by atoms with Gasteiger partial charge in [0.1, 0.15) is 6.33 Å². The van der Waals surface area contributed by atoms with Crippen LogP contribution in [0.15, 0.2) is 6.33 Å². The van der Waals surface area contributed by atoms with Gasteiger partial charge in [-0.25, -0.2) is 14.5 Å². The standard InChI is InChI=1S/C9H15N3O3/c1-4-15-9(14)7(13)8-10-5-11-12(8)6(2)3/h5-7,13H,4H2,1-3H3. The maximum absolute atomic E-state index is 11.3. The molecule has 1 unspecified atom stereocenters. The van der Waals surface area contributed by atoms with Gasteiger partial charge in [0.2, 0.25) is 6.10 Å². The van der Waals surface area contributed by atoms with Crippen LogP contribution in [0, 0.1) is 0 Å². The number of carbonyl (C=O) groups excluding carboxylic acids is 1. The van der Waals surface area contributed by atoms with Crippen molar-refractivity contribution in [2.24, 2.45) is 0 Å². The van der Waals surface area contributed by atoms with Crippen molar-refractivity contribution in [3.8, 4) is 0 Å². The monoisotopic (exact) mass is 213 g/mol. The largest absolute Gasteiger partial charge is 0.464 e. The van der Waals surface area contributed by atoms with Gasteiger partial charge in [-0.05, 0) is 20.8 Å². The Morgan fingerprint density at radius 1 is 1.67 bits per heavy atom. The van der Waals surface area contributed by atoms with Crippen molar-refractivity contribution in [3.63, 3.8) is 0 Å². The van der Waals surface area contributed by atoms with E-state index in [9.17, 15) is 9.90 Å². The molecule has 0 saturated heterocycles. The summed E-state index contributed by atoms with van der Waals surface area (Å²) in [4.78, 5) is 15.1. The maximum atomic E-state index is 11.3. The minimum Gasteiger partial charge on any atom is -0.464 e. The number of esters is 1. The summed E-state index contributed by atoms with van der Waals surface area (Å²) >= 11 is 0. The minimum absolute atomic E-state index is 0.0339. The third-order valence-corrected chi connectivity index (χ3v) is 1.84. The molecule has 1 atom stereocenters. The predicted molar refractivity (Wildman–Crippen MR) is 52.0 cm³/mol. The van der Waals surface area contributed by atoms with E-state index in [1.54, 1.807) is 6.92 Å². The summed E-state index contributed by atoms with van der Waals surface area (Å²) in [6, 6.07) is 0.0339. The molecule has 1 aromatic rings. The SMILES string of the molecule is CCOC(=O)C(O)c1ncnn1C(C)C. The first-order chi connectivity index (χ1) is 7.07. The molecule has 0 aliphatic carbocycles. The molecule has 0 saturated carbocycles. The molecule has 1 rings (SSSR count). The topological polar surface area (TPSA) is 77.2 Å². The Hall–Kier alpha value is -1.43. The second-order valence-corrected chi connectivity index (χ2v) is 3.31. The third kappa shape index (κ3) is 2.53. The summed E-state index contributed by atoms with van der Waals surface area (Å²) in [5, 5.41) is 13.6. The second kappa shape index (κ2) is 4.88. The zero-order valence-electron chi connectivity index (χ0n) is 9.04. The Morgan fingerprint density at radius 2 is 2.33 bits per heavy atom. The van der Waals surface area contributed by atoms with Gasteiger partial charge in [-0.15, -0.1) is 0 Å². The van der Waals surface area contributed by atoms with E-state index in [4.69, 9.17) is 4.74 Å². The molecule has 0 amide bonds. The van der Waals surface area contributed by atoms with Crippen molar-refractivity contribution in [1.82, 2.24) is 14.8 Å². The molecular weight excluding hydrogens is 198 g/mol. The lowest BCUT2D eigenvalue weighted by molar-refractivity contribution is -0.154. The highest BCUT2D eigenvalue weighted by Crippen LogP contribution is 2.14. The zero-order chi connectivity index (χ0) is 11.4. The highest BCUT2D eigenvalue weighted by molar-refractivity contribution is 5.75. The molecule has 1 aromatic heterocycles. The summed E-state index contributed by atoms with van der Waals surface area (Å²) in [7, 11) is 0. The summed E-state index contributed by atoms with van der Waals surface area (Å²) in [5.41, 5.74) is 0. The van der Waals surface area contributed by atoms with Gasteiger partial charge in [-0.3, -0.25) is 0 Å². The molecule has 0 aromatic carbocycles. The summed E-state index contributed by atoms with van der Waals surface area (Å²) < 4.78 is 6.18. The van der Waals surface area contributed by atoms with E-state index in [-0.39, 0.29) is 18.5 Å². The van der Waals surface area contributed by atoms with Gasteiger partial charge in [-0.1, -0.05) is 0 Å². The molecule has 6 nitrogen and oxygen atoms in total. The van der Waals surface area contributed by atoms with Crippen LogP contribution in [0.5, 0.6) is 0 Å². The highest BCUT2D eigenvalue weighted by atomic mass is 16.5. The molecule has 0 spiro atoms. The van der Waals surface area contributed by atoms with Crippen LogP contribution < -0.4 is 0 Å². The average molecular weight is 213 g/mol. The molecule has 1 heterocycles. The fraction of sp³-hybridized carbons (Fsp3) is 0.667. The van der Waals surface area contributed by atoms with Gasteiger partial charge in [0, 0.05) is 6.04 Å². The number of carbonyl (C=O) groups is 1. The van der Waals surface area contributed by atoms with E-state index < -0.39 is 12.1 Å². The lowest BCUT2D eigenvalue weighted by Crippen LogP contribution is -2.21. The summed E-state index contributed by atoms with van der Waals surface area (Å²) in [6.45, 7) is 5.68. The molecule has 15 heavy (non-hydrogen) atoms. The van der Waals surface area contributed by atoms with Crippen LogP contribution in [0.1, 0.15) is 38.7 Å². The number of nitrogens with zero attached hydrogens (tertiary/aromatic N) is 3. The first-order valence-corrected chi connectivity index (χ1v) is 4.82. The first kappa shape index (κ1) is 11.6. The minimum atomic E-state index is -1.37. The number of aliphatic hydroxyl groups excluding tert-OH is 1. The number of hydrogen-bond donors (Lipinski definition) is 1. The van der Waals surface area contributed by atoms with Gasteiger partial charge in [0.25, 0.3) is 0 Å². The Bertz CT molecular complexity index is 335. The van der Waals surface area contributed by atoms with Crippen molar-refractivity contribution in [3.05, 3.63) is 12.2 Å². The van der Waals surface area contributed by atoms with E-state index in [2.05, 4.69) is 10.1 Å². The van der Waals surface area contributed by atoms with Gasteiger partial charge in [0.05, 0.1) is 6.61 Å². The van der Waals surface area contributed by atoms with Crippen LogP contribution in [0.2, 0.25) is 0 Å². The Morgan fingerprint density at radius 3 is 2.87 bits per heavy atom. The fourth-order valence-electron chi connectivity index (χ4n) is 1.18. The molecule has 0 fully saturated rings. The number of aromatic nitrogens is 3. The molecular formula is C9H15N3O3. The maximum Gasteiger partial charge on any atom is 0.343 e. The summed E-state index contributed by atoms with van der Waals surface area (Å²) in [6.07, 6.45) is -0.0625. The lowest BCUT2D eigenvalue weighted by atomic mass is 10.3. The van der Waals surface area contributed by atoms with Gasteiger partial charge >= 0.3 is 5.97 Å². The van der Waals surface area contributed by atoms with Crippen molar-refractivity contribution in [2.45, 2.75) is 32.9 Å². The molecule has 1 N–H and O–H groups in total. The molecule has 0 aliphatic heterocycles. The van der Waals surface area contributed by atoms with Crippen LogP contribution in [0.25, 0.3) is 0 Å². The second-order valence-electron chi connectivity index (χ2n) is 3.31. The van der Waals surface area contributed by atoms with E-state index in [1.807, 2.05) is 13.8 Å². The fourth-order valence-corrected chi connectivity index (χ4v) is 1.18. The van der Waals surface area contributed by atoms with Crippen molar-refractivity contribution < 1.29 is 14.6 Å². The number of aliphatic hydroxyl groups is 1. The predicted octanol–water partition coefficient (Wildman–Crippen LogP) is 0.456. The molecule has 84 valence electrons. The molecule has 0 radical (unpaired) electrons. The third-order valence-electron chi connectivity index (χ3n) is 1.84. The zero-order valence-corrected chi connectivity index (χ0v) is 9.04. The van der Waals surface area contributed by atoms with E-state index in [0.29, 0.717) is 0 Å². The smallest absolute Gasteiger partial charge is 0.343 e. The highest BCUT2D eigenvalue weighted by Gasteiger charge is 2.24. The van der Waals surface area contributed by atoms with Crippen LogP contribution in [0.4, 0.5) is 0 Å². The average Bonchev–Trinajstić information content (AvgIpc) is 2.65. The molecule has 6 heteroatoms.